The van der Waals surface area contributed by atoms with Crippen LogP contribution < -0.4 is 0 Å². The highest BCUT2D eigenvalue weighted by Crippen LogP contribution is 2.09. The Labute approximate surface area is 104 Å². The highest BCUT2D eigenvalue weighted by Gasteiger charge is 2.14. The van der Waals surface area contributed by atoms with Crippen molar-refractivity contribution in [2.75, 3.05) is 0 Å². The third-order valence-corrected chi connectivity index (χ3v) is 2.37. The van der Waals surface area contributed by atoms with Gasteiger partial charge in [0.15, 0.2) is 0 Å². The SMILES string of the molecule is C=C(CCCC)C(=O)OC(=O)C(C)=CCCC. The van der Waals surface area contributed by atoms with Gasteiger partial charge in [0.1, 0.15) is 0 Å². The Balaban J connectivity index is 4.20. The zero-order chi connectivity index (χ0) is 13.3. The first-order valence-corrected chi connectivity index (χ1v) is 6.13. The van der Waals surface area contributed by atoms with E-state index in [1.54, 1.807) is 13.0 Å². The molecule has 0 saturated carbocycles. The van der Waals surface area contributed by atoms with Crippen LogP contribution in [-0.4, -0.2) is 11.9 Å². The summed E-state index contributed by atoms with van der Waals surface area (Å²) >= 11 is 0. The fourth-order valence-corrected chi connectivity index (χ4v) is 1.17. The van der Waals surface area contributed by atoms with Crippen molar-refractivity contribution in [2.24, 2.45) is 0 Å². The van der Waals surface area contributed by atoms with Gasteiger partial charge in [0.25, 0.3) is 0 Å². The molecule has 0 N–H and O–H groups in total. The third-order valence-electron chi connectivity index (χ3n) is 2.37. The van der Waals surface area contributed by atoms with Crippen LogP contribution in [0.2, 0.25) is 0 Å². The molecule has 0 aliphatic heterocycles. The van der Waals surface area contributed by atoms with E-state index < -0.39 is 11.9 Å². The summed E-state index contributed by atoms with van der Waals surface area (Å²) in [5, 5.41) is 0. The Kier molecular flexibility index (Phi) is 8.03. The van der Waals surface area contributed by atoms with Crippen LogP contribution in [0, 0.1) is 0 Å². The molecule has 0 aliphatic carbocycles. The molecule has 0 rings (SSSR count). The molecule has 0 unspecified atom stereocenters. The molecule has 0 aromatic carbocycles. The number of ether oxygens (including phenoxy) is 1. The first-order valence-electron chi connectivity index (χ1n) is 6.13. The lowest BCUT2D eigenvalue weighted by Gasteiger charge is -2.05. The maximum absolute atomic E-state index is 11.5. The van der Waals surface area contributed by atoms with Crippen LogP contribution in [0.5, 0.6) is 0 Å². The summed E-state index contributed by atoms with van der Waals surface area (Å²) in [6, 6.07) is 0. The van der Waals surface area contributed by atoms with Crippen LogP contribution in [0.4, 0.5) is 0 Å². The topological polar surface area (TPSA) is 43.4 Å². The Bertz CT molecular complexity index is 313. The van der Waals surface area contributed by atoms with Gasteiger partial charge in [-0.2, -0.15) is 0 Å². The number of esters is 2. The molecule has 96 valence electrons. The average Bonchev–Trinajstić information content (AvgIpc) is 2.32. The third kappa shape index (κ3) is 6.72. The van der Waals surface area contributed by atoms with Gasteiger partial charge >= 0.3 is 11.9 Å². The smallest absolute Gasteiger partial charge is 0.341 e. The van der Waals surface area contributed by atoms with E-state index in [2.05, 4.69) is 6.58 Å². The molecule has 0 aromatic rings. The predicted octanol–water partition coefficient (Wildman–Crippen LogP) is 3.55. The van der Waals surface area contributed by atoms with Gasteiger partial charge in [-0.1, -0.05) is 39.3 Å². The van der Waals surface area contributed by atoms with Crippen LogP contribution in [-0.2, 0) is 14.3 Å². The maximum Gasteiger partial charge on any atom is 0.341 e. The summed E-state index contributed by atoms with van der Waals surface area (Å²) < 4.78 is 4.72. The molecule has 0 heterocycles. The van der Waals surface area contributed by atoms with E-state index in [0.29, 0.717) is 17.6 Å². The second-order valence-electron chi connectivity index (χ2n) is 4.06. The molecule has 0 aliphatic rings. The van der Waals surface area contributed by atoms with E-state index in [0.717, 1.165) is 25.7 Å². The number of unbranched alkanes of at least 4 members (excludes halogenated alkanes) is 2. The number of carbonyl (C=O) groups excluding carboxylic acids is 2. The number of allylic oxidation sites excluding steroid dienone is 1. The minimum absolute atomic E-state index is 0.364. The van der Waals surface area contributed by atoms with E-state index in [9.17, 15) is 9.59 Å². The number of rotatable bonds is 7. The van der Waals surface area contributed by atoms with E-state index in [-0.39, 0.29) is 0 Å². The molecule has 0 bridgehead atoms. The molecule has 0 fully saturated rings. The summed E-state index contributed by atoms with van der Waals surface area (Å²) in [5.74, 6) is -1.17. The monoisotopic (exact) mass is 238 g/mol. The van der Waals surface area contributed by atoms with Gasteiger partial charge in [-0.3, -0.25) is 0 Å². The zero-order valence-corrected chi connectivity index (χ0v) is 11.0. The second kappa shape index (κ2) is 8.74. The van der Waals surface area contributed by atoms with Gasteiger partial charge in [0.2, 0.25) is 0 Å². The normalized spacial score (nSPS) is 11.1. The Morgan fingerprint density at radius 2 is 1.82 bits per heavy atom. The van der Waals surface area contributed by atoms with Gasteiger partial charge in [0, 0.05) is 11.1 Å². The van der Waals surface area contributed by atoms with Crippen molar-refractivity contribution < 1.29 is 14.3 Å². The van der Waals surface area contributed by atoms with E-state index in [4.69, 9.17) is 4.74 Å². The van der Waals surface area contributed by atoms with Crippen LogP contribution in [0.3, 0.4) is 0 Å². The highest BCUT2D eigenvalue weighted by atomic mass is 16.6. The molecule has 3 heteroatoms. The predicted molar refractivity (Wildman–Crippen MR) is 68.4 cm³/mol. The molecule has 3 nitrogen and oxygen atoms in total. The standard InChI is InChI=1S/C14H22O3/c1-5-7-9-11(3)13(15)17-14(16)12(4)10-8-6-2/h10H,3,5-9H2,1-2,4H3. The van der Waals surface area contributed by atoms with Gasteiger partial charge in [-0.25, -0.2) is 9.59 Å². The Hall–Kier alpha value is -1.38. The van der Waals surface area contributed by atoms with Crippen molar-refractivity contribution >= 4 is 11.9 Å². The van der Waals surface area contributed by atoms with Crippen LogP contribution >= 0.6 is 0 Å². The van der Waals surface area contributed by atoms with Gasteiger partial charge < -0.3 is 4.74 Å². The minimum atomic E-state index is -0.604. The summed E-state index contributed by atoms with van der Waals surface area (Å²) in [5.41, 5.74) is 0.840. The van der Waals surface area contributed by atoms with Crippen molar-refractivity contribution in [3.8, 4) is 0 Å². The summed E-state index contributed by atoms with van der Waals surface area (Å²) in [4.78, 5) is 23.0. The second-order valence-corrected chi connectivity index (χ2v) is 4.06. The van der Waals surface area contributed by atoms with Gasteiger partial charge in [-0.05, 0) is 26.2 Å². The molecular weight excluding hydrogens is 216 g/mol. The fraction of sp³-hybridized carbons (Fsp3) is 0.571. The molecule has 17 heavy (non-hydrogen) atoms. The van der Waals surface area contributed by atoms with E-state index in [1.807, 2.05) is 13.8 Å². The van der Waals surface area contributed by atoms with Crippen molar-refractivity contribution in [3.63, 3.8) is 0 Å². The minimum Gasteiger partial charge on any atom is -0.386 e. The Morgan fingerprint density at radius 1 is 1.18 bits per heavy atom. The van der Waals surface area contributed by atoms with Crippen molar-refractivity contribution in [1.29, 1.82) is 0 Å². The summed E-state index contributed by atoms with van der Waals surface area (Å²) in [7, 11) is 0. The zero-order valence-electron chi connectivity index (χ0n) is 11.0. The lowest BCUT2D eigenvalue weighted by Crippen LogP contribution is -2.14. The van der Waals surface area contributed by atoms with E-state index in [1.165, 1.54) is 0 Å². The van der Waals surface area contributed by atoms with Crippen LogP contribution in [0.25, 0.3) is 0 Å². The first-order chi connectivity index (χ1) is 8.02. The number of hydrogen-bond donors (Lipinski definition) is 0. The maximum atomic E-state index is 11.5. The average molecular weight is 238 g/mol. The number of hydrogen-bond acceptors (Lipinski definition) is 3. The van der Waals surface area contributed by atoms with Crippen LogP contribution in [0.1, 0.15) is 52.9 Å². The van der Waals surface area contributed by atoms with Crippen LogP contribution in [0.15, 0.2) is 23.8 Å². The van der Waals surface area contributed by atoms with Crippen molar-refractivity contribution in [2.45, 2.75) is 52.9 Å². The molecule has 0 aromatic heterocycles. The van der Waals surface area contributed by atoms with Gasteiger partial charge in [0.05, 0.1) is 0 Å². The fourth-order valence-electron chi connectivity index (χ4n) is 1.17. The van der Waals surface area contributed by atoms with Crippen molar-refractivity contribution in [1.82, 2.24) is 0 Å². The largest absolute Gasteiger partial charge is 0.386 e. The quantitative estimate of drug-likeness (QED) is 0.387. The number of carbonyl (C=O) groups is 2. The summed E-state index contributed by atoms with van der Waals surface area (Å²) in [6.07, 6.45) is 6.00. The van der Waals surface area contributed by atoms with Crippen molar-refractivity contribution in [3.05, 3.63) is 23.8 Å². The lowest BCUT2D eigenvalue weighted by molar-refractivity contribution is -0.154. The van der Waals surface area contributed by atoms with Gasteiger partial charge in [-0.15, -0.1) is 0 Å². The molecule has 0 radical (unpaired) electrons. The molecule has 0 amide bonds. The molecule has 0 saturated heterocycles. The highest BCUT2D eigenvalue weighted by molar-refractivity contribution is 6.01. The first kappa shape index (κ1) is 15.6. The molecular formula is C14H22O3. The lowest BCUT2D eigenvalue weighted by atomic mass is 10.1. The summed E-state index contributed by atoms with van der Waals surface area (Å²) in [6.45, 7) is 9.32. The Morgan fingerprint density at radius 3 is 2.35 bits per heavy atom. The molecule has 0 atom stereocenters. The van der Waals surface area contributed by atoms with E-state index >= 15 is 0 Å². The molecule has 0 spiro atoms.